The molecule has 1 aromatic carbocycles. The van der Waals surface area contributed by atoms with Crippen LogP contribution >= 0.6 is 0 Å². The number of aryl methyl sites for hydroxylation is 1. The van der Waals surface area contributed by atoms with E-state index in [0.29, 0.717) is 56.7 Å². The smallest absolute Gasteiger partial charge is 0.227 e. The molecule has 0 saturated carbocycles. The molecule has 7 heteroatoms. The lowest BCUT2D eigenvalue weighted by atomic mass is 10.0. The van der Waals surface area contributed by atoms with Crippen molar-refractivity contribution in [1.29, 1.82) is 0 Å². The van der Waals surface area contributed by atoms with Gasteiger partial charge in [0, 0.05) is 51.5 Å². The predicted molar refractivity (Wildman–Crippen MR) is 101 cm³/mol. The second kappa shape index (κ2) is 8.33. The van der Waals surface area contributed by atoms with Gasteiger partial charge in [0.05, 0.1) is 0 Å². The number of hydrogen-bond donors (Lipinski definition) is 0. The molecule has 144 valence electrons. The number of carbonyl (C=O) groups is 2. The van der Waals surface area contributed by atoms with E-state index in [-0.39, 0.29) is 11.8 Å². The van der Waals surface area contributed by atoms with E-state index >= 15 is 0 Å². The summed E-state index contributed by atoms with van der Waals surface area (Å²) in [6.07, 6.45) is 0.747. The molecule has 3 rings (SSSR count). The fourth-order valence-corrected chi connectivity index (χ4v) is 3.13. The minimum absolute atomic E-state index is 0.0549. The molecule has 1 fully saturated rings. The van der Waals surface area contributed by atoms with Crippen LogP contribution in [0.2, 0.25) is 0 Å². The van der Waals surface area contributed by atoms with Gasteiger partial charge in [-0.25, -0.2) is 0 Å². The minimum atomic E-state index is 0.0549. The normalized spacial score (nSPS) is 14.7. The van der Waals surface area contributed by atoms with E-state index in [1.807, 2.05) is 12.1 Å². The fraction of sp³-hybridized carbons (Fsp3) is 0.500. The first-order chi connectivity index (χ1) is 12.9. The van der Waals surface area contributed by atoms with Crippen molar-refractivity contribution in [2.24, 2.45) is 0 Å². The number of benzene rings is 1. The summed E-state index contributed by atoms with van der Waals surface area (Å²) >= 11 is 0. The van der Waals surface area contributed by atoms with E-state index < -0.39 is 0 Å². The van der Waals surface area contributed by atoms with E-state index in [0.717, 1.165) is 5.56 Å². The number of piperazine rings is 1. The quantitative estimate of drug-likeness (QED) is 0.808. The molecule has 0 N–H and O–H groups in total. The third-order valence-electron chi connectivity index (χ3n) is 4.93. The SMILES string of the molecule is CC(=O)N1CCN(C(=O)CCc2nc(-c3ccc(C(C)C)cc3)no2)CC1. The molecular weight excluding hydrogens is 344 g/mol. The van der Waals surface area contributed by atoms with E-state index in [1.54, 1.807) is 16.7 Å². The summed E-state index contributed by atoms with van der Waals surface area (Å²) in [4.78, 5) is 31.7. The molecule has 2 aromatic rings. The summed E-state index contributed by atoms with van der Waals surface area (Å²) < 4.78 is 5.30. The Balaban J connectivity index is 1.52. The van der Waals surface area contributed by atoms with Crippen molar-refractivity contribution in [3.8, 4) is 11.4 Å². The van der Waals surface area contributed by atoms with Crippen molar-refractivity contribution >= 4 is 11.8 Å². The van der Waals surface area contributed by atoms with Crippen molar-refractivity contribution in [2.75, 3.05) is 26.2 Å². The van der Waals surface area contributed by atoms with Gasteiger partial charge in [-0.15, -0.1) is 0 Å². The lowest BCUT2D eigenvalue weighted by Gasteiger charge is -2.34. The van der Waals surface area contributed by atoms with E-state index in [4.69, 9.17) is 4.52 Å². The maximum Gasteiger partial charge on any atom is 0.227 e. The zero-order valence-corrected chi connectivity index (χ0v) is 16.1. The number of aromatic nitrogens is 2. The van der Waals surface area contributed by atoms with E-state index in [2.05, 4.69) is 36.1 Å². The fourth-order valence-electron chi connectivity index (χ4n) is 3.13. The van der Waals surface area contributed by atoms with Crippen LogP contribution in [-0.2, 0) is 16.0 Å². The topological polar surface area (TPSA) is 79.5 Å². The first kappa shape index (κ1) is 19.1. The van der Waals surface area contributed by atoms with Gasteiger partial charge in [0.1, 0.15) is 0 Å². The number of amides is 2. The monoisotopic (exact) mass is 370 g/mol. The average Bonchev–Trinajstić information content (AvgIpc) is 3.15. The zero-order chi connectivity index (χ0) is 19.4. The van der Waals surface area contributed by atoms with Crippen molar-refractivity contribution in [2.45, 2.75) is 39.5 Å². The summed E-state index contributed by atoms with van der Waals surface area (Å²) in [5, 5.41) is 4.03. The van der Waals surface area contributed by atoms with Crippen LogP contribution in [0.3, 0.4) is 0 Å². The summed E-state index contributed by atoms with van der Waals surface area (Å²) in [6.45, 7) is 8.21. The minimum Gasteiger partial charge on any atom is -0.339 e. The highest BCUT2D eigenvalue weighted by Crippen LogP contribution is 2.21. The lowest BCUT2D eigenvalue weighted by Crippen LogP contribution is -2.50. The van der Waals surface area contributed by atoms with Gasteiger partial charge in [-0.05, 0) is 11.5 Å². The third kappa shape index (κ3) is 4.72. The molecule has 1 saturated heterocycles. The Morgan fingerprint density at radius 1 is 1.07 bits per heavy atom. The molecule has 0 radical (unpaired) electrons. The van der Waals surface area contributed by atoms with Gasteiger partial charge < -0.3 is 14.3 Å². The maximum absolute atomic E-state index is 12.4. The highest BCUT2D eigenvalue weighted by Gasteiger charge is 2.22. The molecule has 0 spiro atoms. The van der Waals surface area contributed by atoms with Crippen LogP contribution in [0.4, 0.5) is 0 Å². The molecule has 0 bridgehead atoms. The summed E-state index contributed by atoms with van der Waals surface area (Å²) in [5.74, 6) is 1.60. The van der Waals surface area contributed by atoms with E-state index in [1.165, 1.54) is 5.56 Å². The summed E-state index contributed by atoms with van der Waals surface area (Å²) in [6, 6.07) is 8.12. The molecule has 1 aliphatic heterocycles. The largest absolute Gasteiger partial charge is 0.339 e. The Morgan fingerprint density at radius 3 is 2.30 bits per heavy atom. The number of carbonyl (C=O) groups excluding carboxylic acids is 2. The first-order valence-corrected chi connectivity index (χ1v) is 9.40. The van der Waals surface area contributed by atoms with Crippen LogP contribution in [0.25, 0.3) is 11.4 Å². The van der Waals surface area contributed by atoms with Crippen molar-refractivity contribution in [3.05, 3.63) is 35.7 Å². The average molecular weight is 370 g/mol. The van der Waals surface area contributed by atoms with Gasteiger partial charge >= 0.3 is 0 Å². The van der Waals surface area contributed by atoms with Gasteiger partial charge in [-0.1, -0.05) is 43.3 Å². The van der Waals surface area contributed by atoms with E-state index in [9.17, 15) is 9.59 Å². The molecular formula is C20H26N4O3. The van der Waals surface area contributed by atoms with Crippen LogP contribution < -0.4 is 0 Å². The van der Waals surface area contributed by atoms with Crippen molar-refractivity contribution in [1.82, 2.24) is 19.9 Å². The Morgan fingerprint density at radius 2 is 1.70 bits per heavy atom. The molecule has 27 heavy (non-hydrogen) atoms. The molecule has 1 aromatic heterocycles. The van der Waals surface area contributed by atoms with Gasteiger partial charge in [0.2, 0.25) is 23.5 Å². The summed E-state index contributed by atoms with van der Waals surface area (Å²) in [7, 11) is 0. The molecule has 0 aliphatic carbocycles. The zero-order valence-electron chi connectivity index (χ0n) is 16.1. The van der Waals surface area contributed by atoms with Crippen LogP contribution in [0, 0.1) is 0 Å². The van der Waals surface area contributed by atoms with Gasteiger partial charge in [0.25, 0.3) is 0 Å². The number of hydrogen-bond acceptors (Lipinski definition) is 5. The van der Waals surface area contributed by atoms with Gasteiger partial charge in [-0.3, -0.25) is 9.59 Å². The Kier molecular flexibility index (Phi) is 5.88. The Bertz CT molecular complexity index is 790. The standard InChI is InChI=1S/C20H26N4O3/c1-14(2)16-4-6-17(7-5-16)20-21-18(27-22-20)8-9-19(26)24-12-10-23(11-13-24)15(3)25/h4-7,14H,8-13H2,1-3H3. The Hall–Kier alpha value is -2.70. The molecule has 7 nitrogen and oxygen atoms in total. The summed E-state index contributed by atoms with van der Waals surface area (Å²) in [5.41, 5.74) is 2.17. The molecule has 0 unspecified atom stereocenters. The number of rotatable bonds is 5. The number of nitrogens with zero attached hydrogens (tertiary/aromatic N) is 4. The highest BCUT2D eigenvalue weighted by molar-refractivity contribution is 5.77. The van der Waals surface area contributed by atoms with Crippen LogP contribution in [-0.4, -0.2) is 57.9 Å². The van der Waals surface area contributed by atoms with Crippen molar-refractivity contribution in [3.63, 3.8) is 0 Å². The van der Waals surface area contributed by atoms with Crippen LogP contribution in [0.15, 0.2) is 28.8 Å². The molecule has 1 aliphatic rings. The molecule has 2 amide bonds. The predicted octanol–water partition coefficient (Wildman–Crippen LogP) is 2.48. The van der Waals surface area contributed by atoms with Crippen molar-refractivity contribution < 1.29 is 14.1 Å². The highest BCUT2D eigenvalue weighted by atomic mass is 16.5. The van der Waals surface area contributed by atoms with Gasteiger partial charge in [0.15, 0.2) is 0 Å². The van der Waals surface area contributed by atoms with Crippen LogP contribution in [0.1, 0.15) is 44.6 Å². The second-order valence-corrected chi connectivity index (χ2v) is 7.18. The van der Waals surface area contributed by atoms with Crippen LogP contribution in [0.5, 0.6) is 0 Å². The third-order valence-corrected chi connectivity index (χ3v) is 4.93. The molecule has 2 heterocycles. The maximum atomic E-state index is 12.4. The van der Waals surface area contributed by atoms with Gasteiger partial charge in [-0.2, -0.15) is 4.98 Å². The first-order valence-electron chi connectivity index (χ1n) is 9.40. The Labute approximate surface area is 159 Å². The lowest BCUT2D eigenvalue weighted by molar-refractivity contribution is -0.138. The molecule has 0 atom stereocenters. The second-order valence-electron chi connectivity index (χ2n) is 7.18.